The first-order chi connectivity index (χ1) is 12.6. The first kappa shape index (κ1) is 21.1. The Balaban J connectivity index is 2.03. The van der Waals surface area contributed by atoms with E-state index in [1.54, 1.807) is 0 Å². The summed E-state index contributed by atoms with van der Waals surface area (Å²) in [6.45, 7) is 7.10. The van der Waals surface area contributed by atoms with Gasteiger partial charge in [-0.15, -0.1) is 0 Å². The molecule has 0 amide bonds. The first-order valence-electron chi connectivity index (χ1n) is 9.17. The predicted molar refractivity (Wildman–Crippen MR) is 112 cm³/mol. The van der Waals surface area contributed by atoms with E-state index in [4.69, 9.17) is 21.1 Å². The summed E-state index contributed by atoms with van der Waals surface area (Å²) in [6, 6.07) is 11.8. The van der Waals surface area contributed by atoms with Crippen LogP contribution in [-0.4, -0.2) is 13.2 Å². The van der Waals surface area contributed by atoms with Gasteiger partial charge in [0.05, 0.1) is 11.1 Å². The Bertz CT molecular complexity index is 676. The molecule has 0 aliphatic heterocycles. The van der Waals surface area contributed by atoms with Crippen LogP contribution >= 0.6 is 27.5 Å². The summed E-state index contributed by atoms with van der Waals surface area (Å²) in [5.41, 5.74) is 2.24. The van der Waals surface area contributed by atoms with E-state index >= 15 is 0 Å². The van der Waals surface area contributed by atoms with Crippen molar-refractivity contribution in [3.05, 3.63) is 57.0 Å². The van der Waals surface area contributed by atoms with E-state index in [0.717, 1.165) is 39.6 Å². The zero-order chi connectivity index (χ0) is 18.8. The van der Waals surface area contributed by atoms with Gasteiger partial charge in [-0.25, -0.2) is 0 Å². The van der Waals surface area contributed by atoms with Crippen LogP contribution in [0, 0.1) is 0 Å². The smallest absolute Gasteiger partial charge is 0.175 e. The van der Waals surface area contributed by atoms with Gasteiger partial charge in [0.15, 0.2) is 11.5 Å². The molecular formula is C21H27BrClNO2. The highest BCUT2D eigenvalue weighted by Gasteiger charge is 2.12. The third kappa shape index (κ3) is 6.82. The minimum absolute atomic E-state index is 0.463. The summed E-state index contributed by atoms with van der Waals surface area (Å²) in [7, 11) is 0. The zero-order valence-corrected chi connectivity index (χ0v) is 17.8. The lowest BCUT2D eigenvalue weighted by atomic mass is 10.2. The van der Waals surface area contributed by atoms with Gasteiger partial charge in [-0.3, -0.25) is 0 Å². The third-order valence-electron chi connectivity index (χ3n) is 3.95. The predicted octanol–water partition coefficient (Wildman–Crippen LogP) is 6.36. The van der Waals surface area contributed by atoms with Crippen LogP contribution < -0.4 is 14.8 Å². The molecule has 0 fully saturated rings. The molecule has 1 N–H and O–H groups in total. The van der Waals surface area contributed by atoms with Crippen molar-refractivity contribution in [1.29, 1.82) is 0 Å². The lowest BCUT2D eigenvalue weighted by molar-refractivity contribution is 0.267. The molecule has 0 radical (unpaired) electrons. The minimum Gasteiger partial charge on any atom is -0.490 e. The zero-order valence-electron chi connectivity index (χ0n) is 15.5. The van der Waals surface area contributed by atoms with E-state index in [0.29, 0.717) is 13.2 Å². The van der Waals surface area contributed by atoms with Crippen LogP contribution in [0.2, 0.25) is 5.02 Å². The second-order valence-electron chi connectivity index (χ2n) is 6.14. The summed E-state index contributed by atoms with van der Waals surface area (Å²) in [5.74, 6) is 1.50. The van der Waals surface area contributed by atoms with Crippen molar-refractivity contribution < 1.29 is 9.47 Å². The minimum atomic E-state index is 0.463. The van der Waals surface area contributed by atoms with Crippen molar-refractivity contribution in [2.24, 2.45) is 0 Å². The fraction of sp³-hybridized carbons (Fsp3) is 0.429. The molecule has 0 spiro atoms. The van der Waals surface area contributed by atoms with E-state index in [1.807, 2.05) is 31.2 Å². The van der Waals surface area contributed by atoms with Crippen LogP contribution in [-0.2, 0) is 13.2 Å². The monoisotopic (exact) mass is 439 g/mol. The molecular weight excluding hydrogens is 414 g/mol. The molecule has 2 aromatic carbocycles. The lowest BCUT2D eigenvalue weighted by Crippen LogP contribution is -2.14. The van der Waals surface area contributed by atoms with Gasteiger partial charge in [0.2, 0.25) is 0 Å². The normalized spacial score (nSPS) is 10.8. The van der Waals surface area contributed by atoms with Gasteiger partial charge in [-0.1, -0.05) is 43.5 Å². The van der Waals surface area contributed by atoms with Gasteiger partial charge in [0.1, 0.15) is 6.61 Å². The molecule has 0 saturated carbocycles. The quantitative estimate of drug-likeness (QED) is 0.412. The summed E-state index contributed by atoms with van der Waals surface area (Å²) < 4.78 is 12.7. The number of hydrogen-bond acceptors (Lipinski definition) is 3. The lowest BCUT2D eigenvalue weighted by Gasteiger charge is -2.16. The fourth-order valence-electron chi connectivity index (χ4n) is 2.60. The van der Waals surface area contributed by atoms with Gasteiger partial charge in [0, 0.05) is 11.6 Å². The maximum Gasteiger partial charge on any atom is 0.175 e. The molecule has 0 aliphatic rings. The second kappa shape index (κ2) is 11.5. The Kier molecular flexibility index (Phi) is 9.30. The average molecular weight is 441 g/mol. The highest BCUT2D eigenvalue weighted by atomic mass is 79.9. The molecule has 0 bridgehead atoms. The second-order valence-corrected chi connectivity index (χ2v) is 7.43. The number of rotatable bonds is 11. The van der Waals surface area contributed by atoms with E-state index in [1.165, 1.54) is 24.8 Å². The van der Waals surface area contributed by atoms with E-state index < -0.39 is 0 Å². The molecule has 2 rings (SSSR count). The van der Waals surface area contributed by atoms with Crippen molar-refractivity contribution in [3.63, 3.8) is 0 Å². The van der Waals surface area contributed by atoms with Gasteiger partial charge in [-0.2, -0.15) is 0 Å². The topological polar surface area (TPSA) is 30.5 Å². The molecule has 2 aromatic rings. The van der Waals surface area contributed by atoms with Crippen molar-refractivity contribution in [2.75, 3.05) is 13.2 Å². The summed E-state index contributed by atoms with van der Waals surface area (Å²) in [5, 5.41) is 4.21. The molecule has 0 atom stereocenters. The van der Waals surface area contributed by atoms with Crippen molar-refractivity contribution in [2.45, 2.75) is 46.3 Å². The maximum absolute atomic E-state index is 6.02. The Morgan fingerprint density at radius 3 is 2.46 bits per heavy atom. The highest BCUT2D eigenvalue weighted by Crippen LogP contribution is 2.37. The van der Waals surface area contributed by atoms with E-state index in [2.05, 4.69) is 40.3 Å². The molecule has 0 unspecified atom stereocenters. The number of unbranched alkanes of at least 4 members (excludes halogenated alkanes) is 2. The van der Waals surface area contributed by atoms with Crippen molar-refractivity contribution >= 4 is 27.5 Å². The third-order valence-corrected chi connectivity index (χ3v) is 4.79. The van der Waals surface area contributed by atoms with Crippen LogP contribution in [0.15, 0.2) is 40.9 Å². The number of ether oxygens (including phenoxy) is 2. The number of halogens is 2. The van der Waals surface area contributed by atoms with Crippen molar-refractivity contribution in [3.8, 4) is 11.5 Å². The first-order valence-corrected chi connectivity index (χ1v) is 10.3. The largest absolute Gasteiger partial charge is 0.490 e. The Morgan fingerprint density at radius 1 is 1.00 bits per heavy atom. The van der Waals surface area contributed by atoms with Gasteiger partial charge in [0.25, 0.3) is 0 Å². The number of nitrogens with one attached hydrogen (secondary N) is 1. The van der Waals surface area contributed by atoms with Crippen LogP contribution in [0.4, 0.5) is 0 Å². The van der Waals surface area contributed by atoms with Gasteiger partial charge in [-0.05, 0) is 71.2 Å². The molecule has 5 heteroatoms. The van der Waals surface area contributed by atoms with Gasteiger partial charge >= 0.3 is 0 Å². The van der Waals surface area contributed by atoms with Crippen molar-refractivity contribution in [1.82, 2.24) is 5.32 Å². The number of benzene rings is 2. The fourth-order valence-corrected chi connectivity index (χ4v) is 3.33. The molecule has 142 valence electrons. The molecule has 0 aromatic heterocycles. The Morgan fingerprint density at radius 2 is 1.77 bits per heavy atom. The summed E-state index contributed by atoms with van der Waals surface area (Å²) >= 11 is 9.57. The number of hydrogen-bond donors (Lipinski definition) is 1. The Labute approximate surface area is 170 Å². The average Bonchev–Trinajstić information content (AvgIpc) is 2.62. The molecule has 0 saturated heterocycles. The van der Waals surface area contributed by atoms with Crippen LogP contribution in [0.25, 0.3) is 0 Å². The standard InChI is InChI=1S/C21H27BrClNO2/c1-3-5-6-11-24-14-17-12-19(22)21(20(13-17)25-4-2)26-15-16-7-9-18(23)10-8-16/h7-10,12-13,24H,3-6,11,14-15H2,1-2H3. The van der Waals surface area contributed by atoms with E-state index in [-0.39, 0.29) is 0 Å². The maximum atomic E-state index is 6.02. The molecule has 0 aliphatic carbocycles. The van der Waals surface area contributed by atoms with Crippen LogP contribution in [0.5, 0.6) is 11.5 Å². The van der Waals surface area contributed by atoms with Crippen LogP contribution in [0.1, 0.15) is 44.2 Å². The van der Waals surface area contributed by atoms with Crippen LogP contribution in [0.3, 0.4) is 0 Å². The summed E-state index contributed by atoms with van der Waals surface area (Å²) in [4.78, 5) is 0. The molecule has 3 nitrogen and oxygen atoms in total. The van der Waals surface area contributed by atoms with Gasteiger partial charge < -0.3 is 14.8 Å². The van der Waals surface area contributed by atoms with E-state index in [9.17, 15) is 0 Å². The highest BCUT2D eigenvalue weighted by molar-refractivity contribution is 9.10. The molecule has 0 heterocycles. The molecule has 26 heavy (non-hydrogen) atoms. The Hall–Kier alpha value is -1.23. The SMILES string of the molecule is CCCCCNCc1cc(Br)c(OCc2ccc(Cl)cc2)c(OCC)c1. The summed E-state index contributed by atoms with van der Waals surface area (Å²) in [6.07, 6.45) is 3.71.